The summed E-state index contributed by atoms with van der Waals surface area (Å²) >= 11 is 3.43. The first-order valence-electron chi connectivity index (χ1n) is 7.09. The molecule has 0 saturated heterocycles. The van der Waals surface area contributed by atoms with E-state index in [4.69, 9.17) is 0 Å². The summed E-state index contributed by atoms with van der Waals surface area (Å²) in [4.78, 5) is 16.3. The summed E-state index contributed by atoms with van der Waals surface area (Å²) in [5.74, 6) is 1.34. The van der Waals surface area contributed by atoms with E-state index in [0.29, 0.717) is 12.5 Å². The number of amides is 1. The molecule has 1 aromatic heterocycles. The molecule has 1 N–H and O–H groups in total. The summed E-state index contributed by atoms with van der Waals surface area (Å²) in [7, 11) is 0. The van der Waals surface area contributed by atoms with Gasteiger partial charge < -0.3 is 5.32 Å². The van der Waals surface area contributed by atoms with Crippen molar-refractivity contribution < 1.29 is 4.79 Å². The highest BCUT2D eigenvalue weighted by Crippen LogP contribution is 2.47. The number of aromatic nitrogens is 3. The number of rotatable bonds is 5. The van der Waals surface area contributed by atoms with Crippen molar-refractivity contribution >= 4 is 21.8 Å². The van der Waals surface area contributed by atoms with Crippen LogP contribution >= 0.6 is 15.9 Å². The maximum absolute atomic E-state index is 12.2. The Kier molecular flexibility index (Phi) is 4.05. The van der Waals surface area contributed by atoms with Gasteiger partial charge >= 0.3 is 0 Å². The first kappa shape index (κ1) is 14.3. The smallest absolute Gasteiger partial charge is 0.224 e. The Hall–Kier alpha value is -1.69. The van der Waals surface area contributed by atoms with Gasteiger partial charge in [0.2, 0.25) is 5.91 Å². The molecule has 1 amide bonds. The fraction of sp³-hybridized carbons (Fsp3) is 0.400. The number of carbonyl (C=O) groups is 1. The van der Waals surface area contributed by atoms with E-state index in [-0.39, 0.29) is 11.8 Å². The van der Waals surface area contributed by atoms with Crippen LogP contribution in [0.1, 0.15) is 30.7 Å². The predicted molar refractivity (Wildman–Crippen MR) is 82.5 cm³/mol. The highest BCUT2D eigenvalue weighted by Gasteiger charge is 2.43. The summed E-state index contributed by atoms with van der Waals surface area (Å²) < 4.78 is 2.85. The number of aryl methyl sites for hydroxylation is 1. The first-order chi connectivity index (χ1) is 10.2. The molecule has 1 aliphatic rings. The van der Waals surface area contributed by atoms with Gasteiger partial charge in [-0.25, -0.2) is 9.67 Å². The Balaban J connectivity index is 1.55. The fourth-order valence-corrected chi connectivity index (χ4v) is 2.81. The molecule has 21 heavy (non-hydrogen) atoms. The second-order valence-electron chi connectivity index (χ2n) is 5.21. The van der Waals surface area contributed by atoms with Gasteiger partial charge in [-0.15, -0.1) is 0 Å². The van der Waals surface area contributed by atoms with Crippen LogP contribution in [0.2, 0.25) is 0 Å². The van der Waals surface area contributed by atoms with Gasteiger partial charge in [0.05, 0.1) is 6.54 Å². The van der Waals surface area contributed by atoms with Crippen molar-refractivity contribution in [2.24, 2.45) is 5.92 Å². The summed E-state index contributed by atoms with van der Waals surface area (Å²) in [6.45, 7) is 3.21. The number of carbonyl (C=O) groups excluding carboxylic acids is 1. The zero-order valence-corrected chi connectivity index (χ0v) is 13.4. The second kappa shape index (κ2) is 5.97. The molecular weight excluding hydrogens is 332 g/mol. The standard InChI is InChI=1S/C15H17BrN4O/c1-2-20-14(18-9-19-20)8-17-15(21)13-7-12(13)10-3-5-11(16)6-4-10/h3-6,9,12-13H,2,7-8H2,1H3,(H,17,21)/t12-,13+/m0/s1. The van der Waals surface area contributed by atoms with Crippen molar-refractivity contribution in [3.05, 3.63) is 46.5 Å². The van der Waals surface area contributed by atoms with Crippen LogP contribution < -0.4 is 5.32 Å². The molecule has 1 aliphatic carbocycles. The minimum Gasteiger partial charge on any atom is -0.349 e. The summed E-state index contributed by atoms with van der Waals surface area (Å²) in [6.07, 6.45) is 2.45. The van der Waals surface area contributed by atoms with Gasteiger partial charge in [-0.05, 0) is 37.0 Å². The van der Waals surface area contributed by atoms with Crippen molar-refractivity contribution in [1.82, 2.24) is 20.1 Å². The van der Waals surface area contributed by atoms with Crippen LogP contribution in [-0.2, 0) is 17.9 Å². The molecule has 0 unspecified atom stereocenters. The van der Waals surface area contributed by atoms with Crippen LogP contribution in [0.4, 0.5) is 0 Å². The van der Waals surface area contributed by atoms with E-state index in [1.807, 2.05) is 19.1 Å². The van der Waals surface area contributed by atoms with Gasteiger partial charge in [0, 0.05) is 16.9 Å². The Bertz CT molecular complexity index is 637. The van der Waals surface area contributed by atoms with Crippen LogP contribution in [0.3, 0.4) is 0 Å². The first-order valence-corrected chi connectivity index (χ1v) is 7.88. The largest absolute Gasteiger partial charge is 0.349 e. The van der Waals surface area contributed by atoms with Crippen LogP contribution in [0, 0.1) is 5.92 Å². The van der Waals surface area contributed by atoms with Crippen molar-refractivity contribution in [3.63, 3.8) is 0 Å². The number of hydrogen-bond acceptors (Lipinski definition) is 3. The van der Waals surface area contributed by atoms with Crippen LogP contribution in [0.5, 0.6) is 0 Å². The number of nitrogens with zero attached hydrogens (tertiary/aromatic N) is 3. The van der Waals surface area contributed by atoms with Crippen LogP contribution in [-0.4, -0.2) is 20.7 Å². The molecule has 1 saturated carbocycles. The average Bonchev–Trinajstić information content (AvgIpc) is 3.16. The third-order valence-electron chi connectivity index (χ3n) is 3.84. The molecule has 3 rings (SSSR count). The number of benzene rings is 1. The zero-order chi connectivity index (χ0) is 14.8. The van der Waals surface area contributed by atoms with Crippen LogP contribution in [0.15, 0.2) is 35.1 Å². The van der Waals surface area contributed by atoms with Gasteiger partial charge in [-0.3, -0.25) is 4.79 Å². The fourth-order valence-electron chi connectivity index (χ4n) is 2.55. The average molecular weight is 349 g/mol. The van der Waals surface area contributed by atoms with Crippen molar-refractivity contribution in [1.29, 1.82) is 0 Å². The molecule has 1 aromatic carbocycles. The predicted octanol–water partition coefficient (Wildman–Crippen LogP) is 2.48. The maximum Gasteiger partial charge on any atom is 0.224 e. The van der Waals surface area contributed by atoms with E-state index < -0.39 is 0 Å². The van der Waals surface area contributed by atoms with Crippen LogP contribution in [0.25, 0.3) is 0 Å². The topological polar surface area (TPSA) is 59.8 Å². The summed E-state index contributed by atoms with van der Waals surface area (Å²) in [5.41, 5.74) is 1.23. The lowest BCUT2D eigenvalue weighted by Crippen LogP contribution is -2.26. The molecule has 0 aliphatic heterocycles. The van der Waals surface area contributed by atoms with Gasteiger partial charge in [-0.2, -0.15) is 5.10 Å². The number of hydrogen-bond donors (Lipinski definition) is 1. The lowest BCUT2D eigenvalue weighted by molar-refractivity contribution is -0.122. The molecule has 0 bridgehead atoms. The minimum atomic E-state index is 0.0872. The second-order valence-corrected chi connectivity index (χ2v) is 6.13. The number of nitrogens with one attached hydrogen (secondary N) is 1. The Morgan fingerprint density at radius 1 is 1.43 bits per heavy atom. The molecule has 5 nitrogen and oxygen atoms in total. The monoisotopic (exact) mass is 348 g/mol. The van der Waals surface area contributed by atoms with E-state index in [1.165, 1.54) is 11.9 Å². The highest BCUT2D eigenvalue weighted by atomic mass is 79.9. The van der Waals surface area contributed by atoms with E-state index in [0.717, 1.165) is 23.3 Å². The van der Waals surface area contributed by atoms with Crippen molar-refractivity contribution in [3.8, 4) is 0 Å². The number of halogens is 1. The molecule has 110 valence electrons. The van der Waals surface area contributed by atoms with Gasteiger partial charge in [0.1, 0.15) is 12.2 Å². The minimum absolute atomic E-state index is 0.0872. The Labute approximate surface area is 131 Å². The highest BCUT2D eigenvalue weighted by molar-refractivity contribution is 9.10. The van der Waals surface area contributed by atoms with Crippen molar-refractivity contribution in [2.45, 2.75) is 32.4 Å². The molecule has 6 heteroatoms. The van der Waals surface area contributed by atoms with Gasteiger partial charge in [0.25, 0.3) is 0 Å². The SMILES string of the molecule is CCn1ncnc1CNC(=O)[C@@H]1C[C@H]1c1ccc(Br)cc1. The van der Waals surface area contributed by atoms with E-state index in [1.54, 1.807) is 4.68 Å². The summed E-state index contributed by atoms with van der Waals surface area (Å²) in [5, 5.41) is 7.06. The molecular formula is C15H17BrN4O. The quantitative estimate of drug-likeness (QED) is 0.902. The third kappa shape index (κ3) is 3.15. The molecule has 2 aromatic rings. The lowest BCUT2D eigenvalue weighted by atomic mass is 10.1. The Morgan fingerprint density at radius 2 is 2.19 bits per heavy atom. The zero-order valence-electron chi connectivity index (χ0n) is 11.8. The normalized spacial score (nSPS) is 20.3. The molecule has 0 spiro atoms. The van der Waals surface area contributed by atoms with Gasteiger partial charge in [0.15, 0.2) is 0 Å². The van der Waals surface area contributed by atoms with E-state index >= 15 is 0 Å². The molecule has 0 radical (unpaired) electrons. The molecule has 2 atom stereocenters. The third-order valence-corrected chi connectivity index (χ3v) is 4.37. The summed E-state index contributed by atoms with van der Waals surface area (Å²) in [6, 6.07) is 8.20. The van der Waals surface area contributed by atoms with Crippen molar-refractivity contribution in [2.75, 3.05) is 0 Å². The molecule has 1 heterocycles. The van der Waals surface area contributed by atoms with Gasteiger partial charge in [-0.1, -0.05) is 28.1 Å². The maximum atomic E-state index is 12.2. The van der Waals surface area contributed by atoms with E-state index in [9.17, 15) is 4.79 Å². The van der Waals surface area contributed by atoms with E-state index in [2.05, 4.69) is 43.5 Å². The Morgan fingerprint density at radius 3 is 2.90 bits per heavy atom. The molecule has 1 fully saturated rings. The lowest BCUT2D eigenvalue weighted by Gasteiger charge is -2.06.